The van der Waals surface area contributed by atoms with E-state index >= 15 is 0 Å². The van der Waals surface area contributed by atoms with Crippen molar-refractivity contribution in [2.45, 2.75) is 0 Å². The van der Waals surface area contributed by atoms with Gasteiger partial charge in [0.25, 0.3) is 0 Å². The fraction of sp³-hybridized carbons (Fsp3) is 0. The predicted octanol–water partition coefficient (Wildman–Crippen LogP) is 3.18. The molecule has 0 bridgehead atoms. The van der Waals surface area contributed by atoms with Gasteiger partial charge in [-0.3, -0.25) is 4.98 Å². The van der Waals surface area contributed by atoms with Crippen molar-refractivity contribution in [2.75, 3.05) is 0 Å². The lowest BCUT2D eigenvalue weighted by Gasteiger charge is -2.07. The van der Waals surface area contributed by atoms with Crippen molar-refractivity contribution in [1.29, 1.82) is 5.26 Å². The van der Waals surface area contributed by atoms with Gasteiger partial charge in [0.1, 0.15) is 11.3 Å². The Morgan fingerprint density at radius 3 is 2.68 bits per heavy atom. The summed E-state index contributed by atoms with van der Waals surface area (Å²) in [5.74, 6) is -1.63. The van der Waals surface area contributed by atoms with E-state index in [1.54, 1.807) is 6.07 Å². The largest absolute Gasteiger partial charge is 0.505 e. The Bertz CT molecular complexity index is 942. The number of nitriles is 1. The zero-order chi connectivity index (χ0) is 15.7. The second-order valence-corrected chi connectivity index (χ2v) is 4.75. The van der Waals surface area contributed by atoms with Gasteiger partial charge in [-0.25, -0.2) is 4.79 Å². The maximum absolute atomic E-state index is 11.1. The number of aromatic carboxylic acids is 1. The van der Waals surface area contributed by atoms with E-state index in [0.717, 1.165) is 17.0 Å². The van der Waals surface area contributed by atoms with E-state index in [1.165, 1.54) is 6.07 Å². The average molecular weight is 290 g/mol. The quantitative estimate of drug-likeness (QED) is 0.756. The van der Waals surface area contributed by atoms with Gasteiger partial charge < -0.3 is 10.2 Å². The maximum atomic E-state index is 11.1. The number of benzene rings is 2. The van der Waals surface area contributed by atoms with Crippen LogP contribution in [0.15, 0.2) is 48.7 Å². The molecule has 1 aromatic heterocycles. The fourth-order valence-electron chi connectivity index (χ4n) is 2.33. The third kappa shape index (κ3) is 2.23. The molecule has 3 rings (SSSR count). The van der Waals surface area contributed by atoms with Crippen LogP contribution in [0, 0.1) is 11.3 Å². The minimum absolute atomic E-state index is 0.225. The molecule has 0 radical (unpaired) electrons. The summed E-state index contributed by atoms with van der Waals surface area (Å²) in [5.41, 5.74) is 1.27. The first kappa shape index (κ1) is 13.6. The van der Waals surface area contributed by atoms with Crippen LogP contribution in [-0.4, -0.2) is 21.2 Å². The Morgan fingerprint density at radius 2 is 1.95 bits per heavy atom. The molecule has 22 heavy (non-hydrogen) atoms. The van der Waals surface area contributed by atoms with Gasteiger partial charge in [-0.2, -0.15) is 5.26 Å². The van der Waals surface area contributed by atoms with Crippen LogP contribution in [-0.2, 0) is 0 Å². The Hall–Kier alpha value is -3.39. The highest BCUT2D eigenvalue weighted by atomic mass is 16.4. The monoisotopic (exact) mass is 290 g/mol. The van der Waals surface area contributed by atoms with Crippen molar-refractivity contribution >= 4 is 16.7 Å². The van der Waals surface area contributed by atoms with Crippen molar-refractivity contribution in [2.24, 2.45) is 0 Å². The van der Waals surface area contributed by atoms with Gasteiger partial charge >= 0.3 is 5.97 Å². The van der Waals surface area contributed by atoms with Crippen LogP contribution < -0.4 is 0 Å². The molecule has 0 aliphatic carbocycles. The summed E-state index contributed by atoms with van der Waals surface area (Å²) in [6, 6.07) is 14.4. The van der Waals surface area contributed by atoms with E-state index in [1.807, 2.05) is 30.3 Å². The van der Waals surface area contributed by atoms with Crippen LogP contribution in [0.25, 0.3) is 22.0 Å². The third-order valence-electron chi connectivity index (χ3n) is 3.39. The normalized spacial score (nSPS) is 10.3. The second-order valence-electron chi connectivity index (χ2n) is 4.75. The van der Waals surface area contributed by atoms with E-state index in [0.29, 0.717) is 16.8 Å². The Morgan fingerprint density at radius 1 is 1.18 bits per heavy atom. The number of nitrogens with zero attached hydrogens (tertiary/aromatic N) is 2. The molecule has 5 nitrogen and oxygen atoms in total. The SMILES string of the molecule is N#Cc1cc(-c2cc(C(=O)O)c(O)cn2)cc2ccccc12. The van der Waals surface area contributed by atoms with Gasteiger partial charge in [0, 0.05) is 5.56 Å². The number of aromatic hydroxyl groups is 1. The van der Waals surface area contributed by atoms with Gasteiger partial charge in [-0.1, -0.05) is 24.3 Å². The Kier molecular flexibility index (Phi) is 3.20. The third-order valence-corrected chi connectivity index (χ3v) is 3.39. The smallest absolute Gasteiger partial charge is 0.339 e. The summed E-state index contributed by atoms with van der Waals surface area (Å²) in [7, 11) is 0. The molecule has 0 fully saturated rings. The molecule has 0 unspecified atom stereocenters. The van der Waals surface area contributed by atoms with Crippen LogP contribution in [0.4, 0.5) is 0 Å². The molecule has 0 aliphatic heterocycles. The van der Waals surface area contributed by atoms with E-state index < -0.39 is 11.7 Å². The second kappa shape index (κ2) is 5.19. The lowest BCUT2D eigenvalue weighted by atomic mass is 9.99. The van der Waals surface area contributed by atoms with Gasteiger partial charge in [0.15, 0.2) is 0 Å². The number of aromatic nitrogens is 1. The zero-order valence-corrected chi connectivity index (χ0v) is 11.3. The van der Waals surface area contributed by atoms with Gasteiger partial charge in [-0.15, -0.1) is 0 Å². The van der Waals surface area contributed by atoms with Crippen molar-refractivity contribution in [3.8, 4) is 23.1 Å². The molecule has 5 heteroatoms. The standard InChI is InChI=1S/C17H10N2O3/c18-8-12-6-11(5-10-3-1-2-4-13(10)12)15-7-14(17(21)22)16(20)9-19-15/h1-7,9,20H,(H,21,22). The number of hydrogen-bond acceptors (Lipinski definition) is 4. The highest BCUT2D eigenvalue weighted by Gasteiger charge is 2.13. The molecule has 0 saturated heterocycles. The highest BCUT2D eigenvalue weighted by Crippen LogP contribution is 2.28. The number of pyridine rings is 1. The van der Waals surface area contributed by atoms with Crippen LogP contribution in [0.1, 0.15) is 15.9 Å². The number of rotatable bonds is 2. The minimum Gasteiger partial charge on any atom is -0.505 e. The topological polar surface area (TPSA) is 94.2 Å². The van der Waals surface area contributed by atoms with Gasteiger partial charge in [0.2, 0.25) is 0 Å². The number of carbonyl (C=O) groups is 1. The lowest BCUT2D eigenvalue weighted by Crippen LogP contribution is -1.98. The average Bonchev–Trinajstić information content (AvgIpc) is 2.54. The first-order valence-electron chi connectivity index (χ1n) is 6.45. The molecule has 106 valence electrons. The number of carboxylic acid groups (broad SMARTS) is 1. The molecule has 0 aliphatic rings. The van der Waals surface area contributed by atoms with Gasteiger partial charge in [-0.05, 0) is 29.0 Å². The van der Waals surface area contributed by atoms with E-state index in [-0.39, 0.29) is 5.56 Å². The summed E-state index contributed by atoms with van der Waals surface area (Å²) in [6.45, 7) is 0. The molecule has 0 saturated carbocycles. The molecule has 2 N–H and O–H groups in total. The van der Waals surface area contributed by atoms with Crippen LogP contribution >= 0.6 is 0 Å². The molecule has 2 aromatic carbocycles. The Balaban J connectivity index is 2.25. The fourth-order valence-corrected chi connectivity index (χ4v) is 2.33. The summed E-state index contributed by atoms with van der Waals surface area (Å²) < 4.78 is 0. The Labute approximate surface area is 125 Å². The van der Waals surface area contributed by atoms with E-state index in [4.69, 9.17) is 5.11 Å². The maximum Gasteiger partial charge on any atom is 0.339 e. The molecular weight excluding hydrogens is 280 g/mol. The van der Waals surface area contributed by atoms with Crippen molar-refractivity contribution in [1.82, 2.24) is 4.98 Å². The van der Waals surface area contributed by atoms with Crippen LogP contribution in [0.5, 0.6) is 5.75 Å². The summed E-state index contributed by atoms with van der Waals surface area (Å²) >= 11 is 0. The van der Waals surface area contributed by atoms with Crippen molar-refractivity contribution in [3.63, 3.8) is 0 Å². The van der Waals surface area contributed by atoms with Crippen molar-refractivity contribution in [3.05, 3.63) is 59.8 Å². The zero-order valence-electron chi connectivity index (χ0n) is 11.3. The molecule has 0 amide bonds. The first-order valence-corrected chi connectivity index (χ1v) is 6.45. The number of hydrogen-bond donors (Lipinski definition) is 2. The number of carboxylic acids is 1. The molecule has 0 spiro atoms. The predicted molar refractivity (Wildman–Crippen MR) is 80.5 cm³/mol. The first-order chi connectivity index (χ1) is 10.6. The molecule has 0 atom stereocenters. The van der Waals surface area contributed by atoms with Crippen LogP contribution in [0.3, 0.4) is 0 Å². The summed E-state index contributed by atoms with van der Waals surface area (Å²) in [4.78, 5) is 15.2. The highest BCUT2D eigenvalue weighted by molar-refractivity contribution is 5.94. The van der Waals surface area contributed by atoms with Gasteiger partial charge in [0.05, 0.1) is 23.5 Å². The lowest BCUT2D eigenvalue weighted by molar-refractivity contribution is 0.0693. The van der Waals surface area contributed by atoms with Crippen LogP contribution in [0.2, 0.25) is 0 Å². The minimum atomic E-state index is -1.23. The van der Waals surface area contributed by atoms with E-state index in [2.05, 4.69) is 11.1 Å². The molecule has 3 aromatic rings. The van der Waals surface area contributed by atoms with E-state index in [9.17, 15) is 15.2 Å². The van der Waals surface area contributed by atoms with Crippen molar-refractivity contribution < 1.29 is 15.0 Å². The summed E-state index contributed by atoms with van der Waals surface area (Å²) in [5, 5.41) is 29.6. The molecule has 1 heterocycles. The summed E-state index contributed by atoms with van der Waals surface area (Å²) in [6.07, 6.45) is 1.10. The number of fused-ring (bicyclic) bond motifs is 1. The molecular formula is C17H10N2O3.